The molecule has 1 aromatic carbocycles. The molecule has 0 unspecified atom stereocenters. The van der Waals surface area contributed by atoms with E-state index in [4.69, 9.17) is 16.7 Å². The van der Waals surface area contributed by atoms with Crippen molar-refractivity contribution in [1.82, 2.24) is 10.3 Å². The van der Waals surface area contributed by atoms with E-state index in [0.29, 0.717) is 28.8 Å². The normalized spacial score (nSPS) is 9.75. The predicted octanol–water partition coefficient (Wildman–Crippen LogP) is 2.10. The molecule has 0 saturated carbocycles. The lowest BCUT2D eigenvalue weighted by atomic mass is 10.2. The van der Waals surface area contributed by atoms with Crippen LogP contribution < -0.4 is 10.2 Å². The maximum atomic E-state index is 11.7. The summed E-state index contributed by atoms with van der Waals surface area (Å²) >= 11 is 6.92. The molecule has 2 rings (SSSR count). The molecular formula is C16H14ClN3O3S. The summed E-state index contributed by atoms with van der Waals surface area (Å²) in [5, 5.41) is 12.7. The van der Waals surface area contributed by atoms with Crippen LogP contribution in [-0.4, -0.2) is 42.1 Å². The Bertz CT molecular complexity index is 810. The Morgan fingerprint density at radius 3 is 2.92 bits per heavy atom. The van der Waals surface area contributed by atoms with Gasteiger partial charge in [0.05, 0.1) is 6.20 Å². The van der Waals surface area contributed by atoms with E-state index in [0.717, 1.165) is 11.3 Å². The Morgan fingerprint density at radius 2 is 2.25 bits per heavy atom. The zero-order valence-corrected chi connectivity index (χ0v) is 14.3. The molecule has 1 heterocycles. The number of nitrogens with zero attached hydrogens (tertiary/aromatic N) is 2. The van der Waals surface area contributed by atoms with Gasteiger partial charge in [0, 0.05) is 36.6 Å². The van der Waals surface area contributed by atoms with Crippen molar-refractivity contribution in [2.24, 2.45) is 0 Å². The van der Waals surface area contributed by atoms with Crippen LogP contribution in [0.5, 0.6) is 0 Å². The van der Waals surface area contributed by atoms with Gasteiger partial charge in [-0.3, -0.25) is 4.79 Å². The first-order chi connectivity index (χ1) is 11.5. The maximum Gasteiger partial charge on any atom is 0.347 e. The second kappa shape index (κ2) is 8.34. The van der Waals surface area contributed by atoms with Gasteiger partial charge in [0.2, 0.25) is 0 Å². The van der Waals surface area contributed by atoms with Crippen LogP contribution in [0.25, 0.3) is 0 Å². The fraction of sp³-hybridized carbons (Fsp3) is 0.188. The molecule has 6 nitrogen and oxygen atoms in total. The number of aromatic carboxylic acids is 1. The predicted molar refractivity (Wildman–Crippen MR) is 93.7 cm³/mol. The second-order valence-corrected chi connectivity index (χ2v) is 6.20. The highest BCUT2D eigenvalue weighted by Crippen LogP contribution is 2.20. The largest absolute Gasteiger partial charge is 0.477 e. The summed E-state index contributed by atoms with van der Waals surface area (Å²) in [6.07, 6.45) is 1.31. The number of benzene rings is 1. The van der Waals surface area contributed by atoms with Crippen molar-refractivity contribution in [3.63, 3.8) is 0 Å². The van der Waals surface area contributed by atoms with E-state index in [1.807, 2.05) is 0 Å². The van der Waals surface area contributed by atoms with Crippen molar-refractivity contribution >= 4 is 39.9 Å². The van der Waals surface area contributed by atoms with Gasteiger partial charge in [0.25, 0.3) is 5.91 Å². The minimum absolute atomic E-state index is 0.174. The van der Waals surface area contributed by atoms with Crippen molar-refractivity contribution in [3.05, 3.63) is 45.9 Å². The first kappa shape index (κ1) is 17.8. The molecule has 0 bridgehead atoms. The van der Waals surface area contributed by atoms with E-state index in [2.05, 4.69) is 22.1 Å². The number of thiazole rings is 1. The number of carbonyl (C=O) groups excluding carboxylic acids is 1. The Labute approximate surface area is 148 Å². The molecule has 124 valence electrons. The summed E-state index contributed by atoms with van der Waals surface area (Å²) in [5.41, 5.74) is 0.666. The first-order valence-electron chi connectivity index (χ1n) is 6.91. The van der Waals surface area contributed by atoms with Crippen LogP contribution in [0.4, 0.5) is 5.13 Å². The average molecular weight is 364 g/mol. The molecule has 1 aromatic heterocycles. The highest BCUT2D eigenvalue weighted by molar-refractivity contribution is 7.17. The van der Waals surface area contributed by atoms with Crippen molar-refractivity contribution in [3.8, 4) is 11.8 Å². The number of hydrogen-bond acceptors (Lipinski definition) is 5. The molecule has 0 radical (unpaired) electrons. The first-order valence-corrected chi connectivity index (χ1v) is 8.11. The number of likely N-dealkylation sites (N-methyl/N-ethyl adjacent to an activating group) is 1. The van der Waals surface area contributed by atoms with Gasteiger partial charge in [-0.1, -0.05) is 34.9 Å². The topological polar surface area (TPSA) is 82.5 Å². The molecule has 2 aromatic rings. The van der Waals surface area contributed by atoms with E-state index >= 15 is 0 Å². The molecule has 0 fully saturated rings. The van der Waals surface area contributed by atoms with Gasteiger partial charge < -0.3 is 15.3 Å². The van der Waals surface area contributed by atoms with Crippen molar-refractivity contribution in [2.75, 3.05) is 25.0 Å². The Morgan fingerprint density at radius 1 is 1.46 bits per heavy atom. The summed E-state index contributed by atoms with van der Waals surface area (Å²) in [5.74, 6) is 3.83. The Balaban J connectivity index is 1.81. The average Bonchev–Trinajstić information content (AvgIpc) is 3.03. The summed E-state index contributed by atoms with van der Waals surface area (Å²) in [6, 6.07) is 6.94. The van der Waals surface area contributed by atoms with E-state index in [-0.39, 0.29) is 4.88 Å². The second-order valence-electron chi connectivity index (χ2n) is 4.75. The summed E-state index contributed by atoms with van der Waals surface area (Å²) in [7, 11) is 1.77. The van der Waals surface area contributed by atoms with Gasteiger partial charge in [0.15, 0.2) is 5.13 Å². The number of nitrogens with one attached hydrogen (secondary N) is 1. The molecular weight excluding hydrogens is 350 g/mol. The molecule has 0 aliphatic heterocycles. The fourth-order valence-electron chi connectivity index (χ4n) is 1.71. The van der Waals surface area contributed by atoms with Crippen molar-refractivity contribution < 1.29 is 14.7 Å². The molecule has 24 heavy (non-hydrogen) atoms. The highest BCUT2D eigenvalue weighted by atomic mass is 35.5. The van der Waals surface area contributed by atoms with E-state index in [1.165, 1.54) is 6.20 Å². The number of halogens is 1. The highest BCUT2D eigenvalue weighted by Gasteiger charge is 2.11. The van der Waals surface area contributed by atoms with Crippen molar-refractivity contribution in [1.29, 1.82) is 0 Å². The van der Waals surface area contributed by atoms with Gasteiger partial charge in [-0.25, -0.2) is 9.78 Å². The molecule has 0 saturated heterocycles. The number of carboxylic acids is 1. The molecule has 8 heteroatoms. The zero-order chi connectivity index (χ0) is 17.5. The van der Waals surface area contributed by atoms with Crippen LogP contribution in [0.2, 0.25) is 5.02 Å². The SMILES string of the molecule is CN(CCNC(=O)C#Cc1cccc(Cl)c1)c1ncc(C(=O)O)s1. The standard InChI is InChI=1S/C16H14ClN3O3S/c1-20(16-19-10-13(24-16)15(22)23)8-7-18-14(21)6-5-11-3-2-4-12(17)9-11/h2-4,9-10H,7-8H2,1H3,(H,18,21)(H,22,23). The van der Waals surface area contributed by atoms with Gasteiger partial charge in [0.1, 0.15) is 4.88 Å². The van der Waals surface area contributed by atoms with Gasteiger partial charge in [-0.15, -0.1) is 0 Å². The molecule has 0 spiro atoms. The van der Waals surface area contributed by atoms with E-state index in [9.17, 15) is 9.59 Å². The molecule has 2 N–H and O–H groups in total. The van der Waals surface area contributed by atoms with E-state index in [1.54, 1.807) is 36.2 Å². The number of carboxylic acid groups (broad SMARTS) is 1. The third-order valence-electron chi connectivity index (χ3n) is 2.91. The van der Waals surface area contributed by atoms with Crippen molar-refractivity contribution in [2.45, 2.75) is 0 Å². The minimum Gasteiger partial charge on any atom is -0.477 e. The van der Waals surface area contributed by atoms with Crippen LogP contribution in [0.15, 0.2) is 30.5 Å². The quantitative estimate of drug-likeness (QED) is 0.795. The lowest BCUT2D eigenvalue weighted by molar-refractivity contribution is -0.115. The monoisotopic (exact) mass is 363 g/mol. The smallest absolute Gasteiger partial charge is 0.347 e. The number of amides is 1. The summed E-state index contributed by atoms with van der Waals surface area (Å²) < 4.78 is 0. The Kier molecular flexibility index (Phi) is 6.18. The van der Waals surface area contributed by atoms with Gasteiger partial charge in [-0.05, 0) is 18.2 Å². The number of hydrogen-bond donors (Lipinski definition) is 2. The van der Waals surface area contributed by atoms with Crippen LogP contribution in [0.1, 0.15) is 15.2 Å². The number of rotatable bonds is 5. The molecule has 0 aliphatic carbocycles. The fourth-order valence-corrected chi connectivity index (χ4v) is 2.64. The molecule has 0 aliphatic rings. The third-order valence-corrected chi connectivity index (χ3v) is 4.24. The Hall–Kier alpha value is -2.56. The lowest BCUT2D eigenvalue weighted by Crippen LogP contribution is -2.32. The summed E-state index contributed by atoms with van der Waals surface area (Å²) in [6.45, 7) is 0.846. The van der Waals surface area contributed by atoms with Crippen LogP contribution in [-0.2, 0) is 4.79 Å². The lowest BCUT2D eigenvalue weighted by Gasteiger charge is -2.15. The minimum atomic E-state index is -1.00. The van der Waals surface area contributed by atoms with Gasteiger partial charge in [-0.2, -0.15) is 0 Å². The number of aromatic nitrogens is 1. The number of carbonyl (C=O) groups is 2. The summed E-state index contributed by atoms with van der Waals surface area (Å²) in [4.78, 5) is 28.5. The van der Waals surface area contributed by atoms with Gasteiger partial charge >= 0.3 is 5.97 Å². The van der Waals surface area contributed by atoms with E-state index < -0.39 is 11.9 Å². The van der Waals surface area contributed by atoms with Crippen LogP contribution >= 0.6 is 22.9 Å². The third kappa shape index (κ3) is 5.26. The number of anilines is 1. The maximum absolute atomic E-state index is 11.7. The van der Waals surface area contributed by atoms with Crippen LogP contribution in [0.3, 0.4) is 0 Å². The zero-order valence-electron chi connectivity index (χ0n) is 12.7. The molecule has 1 amide bonds. The molecule has 0 atom stereocenters. The van der Waals surface area contributed by atoms with Crippen LogP contribution in [0, 0.1) is 11.8 Å².